The van der Waals surface area contributed by atoms with E-state index in [4.69, 9.17) is 10.00 Å². The van der Waals surface area contributed by atoms with Gasteiger partial charge in [-0.3, -0.25) is 4.79 Å². The van der Waals surface area contributed by atoms with Crippen molar-refractivity contribution >= 4 is 5.91 Å². The highest BCUT2D eigenvalue weighted by molar-refractivity contribution is 5.94. The monoisotopic (exact) mass is 321 g/mol. The molecule has 2 aromatic rings. The standard InChI is InChI=1S/C15H13F2N3O3/c16-13-2-1-12(4-14(13)17)23-8-11(21)7-20-15(22)9-3-10(5-18)19-6-9/h1-4,6,11,19,21H,7-8H2,(H,20,22). The number of halogens is 2. The van der Waals surface area contributed by atoms with Crippen molar-refractivity contribution in [2.24, 2.45) is 0 Å². The van der Waals surface area contributed by atoms with E-state index in [9.17, 15) is 18.7 Å². The Bertz CT molecular complexity index is 740. The molecule has 1 aromatic carbocycles. The average molecular weight is 321 g/mol. The summed E-state index contributed by atoms with van der Waals surface area (Å²) in [6.45, 7) is -0.308. The van der Waals surface area contributed by atoms with Crippen LogP contribution in [0.4, 0.5) is 8.78 Å². The van der Waals surface area contributed by atoms with Gasteiger partial charge in [0.2, 0.25) is 0 Å². The molecule has 1 aromatic heterocycles. The third-order valence-corrected chi connectivity index (χ3v) is 2.90. The number of nitriles is 1. The van der Waals surface area contributed by atoms with Gasteiger partial charge in [-0.15, -0.1) is 0 Å². The molecule has 1 atom stereocenters. The molecule has 8 heteroatoms. The average Bonchev–Trinajstić information content (AvgIpc) is 3.03. The molecule has 0 aliphatic heterocycles. The van der Waals surface area contributed by atoms with E-state index in [1.54, 1.807) is 0 Å². The first-order chi connectivity index (χ1) is 11.0. The summed E-state index contributed by atoms with van der Waals surface area (Å²) in [6.07, 6.45) is 0.333. The molecule has 6 nitrogen and oxygen atoms in total. The van der Waals surface area contributed by atoms with Gasteiger partial charge in [-0.1, -0.05) is 0 Å². The van der Waals surface area contributed by atoms with Crippen molar-refractivity contribution in [2.45, 2.75) is 6.10 Å². The number of nitrogens with one attached hydrogen (secondary N) is 2. The van der Waals surface area contributed by atoms with Crippen LogP contribution in [-0.4, -0.2) is 35.3 Å². The highest BCUT2D eigenvalue weighted by atomic mass is 19.2. The second kappa shape index (κ2) is 7.38. The summed E-state index contributed by atoms with van der Waals surface area (Å²) in [5.74, 6) is -2.44. The van der Waals surface area contributed by atoms with E-state index in [0.29, 0.717) is 0 Å². The third-order valence-electron chi connectivity index (χ3n) is 2.90. The Balaban J connectivity index is 1.78. The number of carbonyl (C=O) groups is 1. The number of aliphatic hydroxyl groups excluding tert-OH is 1. The molecule has 0 radical (unpaired) electrons. The van der Waals surface area contributed by atoms with Crippen LogP contribution in [0.5, 0.6) is 5.75 Å². The fourth-order valence-electron chi connectivity index (χ4n) is 1.72. The van der Waals surface area contributed by atoms with Gasteiger partial charge in [-0.2, -0.15) is 5.26 Å². The smallest absolute Gasteiger partial charge is 0.252 e. The summed E-state index contributed by atoms with van der Waals surface area (Å²) in [5.41, 5.74) is 0.507. The number of aliphatic hydroxyl groups is 1. The van der Waals surface area contributed by atoms with Gasteiger partial charge in [0, 0.05) is 18.8 Å². The molecular weight excluding hydrogens is 308 g/mol. The molecule has 0 bridgehead atoms. The number of hydrogen-bond donors (Lipinski definition) is 3. The largest absolute Gasteiger partial charge is 0.491 e. The summed E-state index contributed by atoms with van der Waals surface area (Å²) >= 11 is 0. The minimum absolute atomic E-state index is 0.0681. The Morgan fingerprint density at radius 3 is 2.83 bits per heavy atom. The van der Waals surface area contributed by atoms with Gasteiger partial charge < -0.3 is 20.1 Å². The zero-order valence-corrected chi connectivity index (χ0v) is 11.8. The molecule has 0 saturated heterocycles. The topological polar surface area (TPSA) is 98.1 Å². The predicted octanol–water partition coefficient (Wildman–Crippen LogP) is 1.33. The van der Waals surface area contributed by atoms with Crippen molar-refractivity contribution in [3.8, 4) is 11.8 Å². The zero-order valence-electron chi connectivity index (χ0n) is 11.8. The van der Waals surface area contributed by atoms with Gasteiger partial charge in [-0.25, -0.2) is 8.78 Å². The predicted molar refractivity (Wildman–Crippen MR) is 75.7 cm³/mol. The zero-order chi connectivity index (χ0) is 16.8. The highest BCUT2D eigenvalue weighted by Gasteiger charge is 2.12. The maximum absolute atomic E-state index is 13.0. The second-order valence-corrected chi connectivity index (χ2v) is 4.66. The summed E-state index contributed by atoms with van der Waals surface area (Å²) < 4.78 is 30.8. The molecule has 0 spiro atoms. The fraction of sp³-hybridized carbons (Fsp3) is 0.200. The SMILES string of the molecule is N#Cc1cc(C(=O)NCC(O)COc2ccc(F)c(F)c2)c[nH]1. The van der Waals surface area contributed by atoms with Crippen molar-refractivity contribution < 1.29 is 23.4 Å². The van der Waals surface area contributed by atoms with Gasteiger partial charge in [0.15, 0.2) is 11.6 Å². The van der Waals surface area contributed by atoms with Crippen LogP contribution in [-0.2, 0) is 0 Å². The molecule has 23 heavy (non-hydrogen) atoms. The molecule has 120 valence electrons. The van der Waals surface area contributed by atoms with Crippen LogP contribution in [0.15, 0.2) is 30.5 Å². The molecule has 1 heterocycles. The number of benzene rings is 1. The molecule has 2 rings (SSSR count). The maximum atomic E-state index is 13.0. The Hall–Kier alpha value is -2.92. The van der Waals surface area contributed by atoms with E-state index >= 15 is 0 Å². The lowest BCUT2D eigenvalue weighted by Gasteiger charge is -2.13. The number of aromatic nitrogens is 1. The Kier molecular flexibility index (Phi) is 5.28. The number of nitrogens with zero attached hydrogens (tertiary/aromatic N) is 1. The first kappa shape index (κ1) is 16.5. The minimum Gasteiger partial charge on any atom is -0.491 e. The van der Waals surface area contributed by atoms with Gasteiger partial charge in [-0.05, 0) is 18.2 Å². The number of aromatic amines is 1. The summed E-state index contributed by atoms with van der Waals surface area (Å²) in [4.78, 5) is 14.4. The van der Waals surface area contributed by atoms with E-state index in [-0.39, 0.29) is 30.2 Å². The number of hydrogen-bond acceptors (Lipinski definition) is 4. The lowest BCUT2D eigenvalue weighted by molar-refractivity contribution is 0.0843. The van der Waals surface area contributed by atoms with Crippen molar-refractivity contribution in [1.82, 2.24) is 10.3 Å². The number of carbonyl (C=O) groups excluding carboxylic acids is 1. The quantitative estimate of drug-likeness (QED) is 0.747. The first-order valence-electron chi connectivity index (χ1n) is 6.62. The van der Waals surface area contributed by atoms with E-state index < -0.39 is 23.6 Å². The normalized spacial score (nSPS) is 11.6. The lowest BCUT2D eigenvalue weighted by Crippen LogP contribution is -2.35. The highest BCUT2D eigenvalue weighted by Crippen LogP contribution is 2.15. The van der Waals surface area contributed by atoms with Crippen LogP contribution >= 0.6 is 0 Å². The van der Waals surface area contributed by atoms with E-state index in [2.05, 4.69) is 10.3 Å². The fourth-order valence-corrected chi connectivity index (χ4v) is 1.72. The van der Waals surface area contributed by atoms with Crippen molar-refractivity contribution in [3.05, 3.63) is 53.4 Å². The molecule has 0 saturated carbocycles. The molecule has 1 amide bonds. The molecule has 3 N–H and O–H groups in total. The van der Waals surface area contributed by atoms with Gasteiger partial charge in [0.1, 0.15) is 30.2 Å². The van der Waals surface area contributed by atoms with Gasteiger partial charge in [0.05, 0.1) is 5.56 Å². The number of amides is 1. The summed E-state index contributed by atoms with van der Waals surface area (Å²) in [6, 6.07) is 6.23. The van der Waals surface area contributed by atoms with Crippen molar-refractivity contribution in [2.75, 3.05) is 13.2 Å². The number of rotatable bonds is 6. The number of H-pyrrole nitrogens is 1. The van der Waals surface area contributed by atoms with Crippen LogP contribution in [0.1, 0.15) is 16.1 Å². The number of ether oxygens (including phenoxy) is 1. The van der Waals surface area contributed by atoms with Crippen LogP contribution in [0.25, 0.3) is 0 Å². The van der Waals surface area contributed by atoms with E-state index in [1.807, 2.05) is 6.07 Å². The first-order valence-corrected chi connectivity index (χ1v) is 6.62. The van der Waals surface area contributed by atoms with Gasteiger partial charge >= 0.3 is 0 Å². The van der Waals surface area contributed by atoms with Crippen LogP contribution in [0, 0.1) is 23.0 Å². The molecule has 0 aliphatic rings. The van der Waals surface area contributed by atoms with Crippen LogP contribution in [0.3, 0.4) is 0 Å². The van der Waals surface area contributed by atoms with Crippen LogP contribution < -0.4 is 10.1 Å². The van der Waals surface area contributed by atoms with E-state index in [0.717, 1.165) is 12.1 Å². The maximum Gasteiger partial charge on any atom is 0.252 e. The minimum atomic E-state index is -1.05. The Morgan fingerprint density at radius 1 is 1.39 bits per heavy atom. The Morgan fingerprint density at radius 2 is 2.17 bits per heavy atom. The molecule has 0 aliphatic carbocycles. The van der Waals surface area contributed by atoms with Crippen molar-refractivity contribution in [1.29, 1.82) is 5.26 Å². The lowest BCUT2D eigenvalue weighted by atomic mass is 10.3. The summed E-state index contributed by atoms with van der Waals surface area (Å²) in [5, 5.41) is 20.8. The van der Waals surface area contributed by atoms with Crippen LogP contribution in [0.2, 0.25) is 0 Å². The summed E-state index contributed by atoms with van der Waals surface area (Å²) in [7, 11) is 0. The molecular formula is C15H13F2N3O3. The van der Waals surface area contributed by atoms with Gasteiger partial charge in [0.25, 0.3) is 5.91 Å². The van der Waals surface area contributed by atoms with E-state index in [1.165, 1.54) is 18.3 Å². The third kappa shape index (κ3) is 4.52. The second-order valence-electron chi connectivity index (χ2n) is 4.66. The Labute approximate surface area is 130 Å². The molecule has 0 fully saturated rings. The van der Waals surface area contributed by atoms with Crippen molar-refractivity contribution in [3.63, 3.8) is 0 Å². The molecule has 1 unspecified atom stereocenters.